The normalized spacial score (nSPS) is 13.7. The van der Waals surface area contributed by atoms with E-state index in [4.69, 9.17) is 16.9 Å². The third-order valence-electron chi connectivity index (χ3n) is 5.59. The van der Waals surface area contributed by atoms with Gasteiger partial charge in [0.1, 0.15) is 6.04 Å². The van der Waals surface area contributed by atoms with Gasteiger partial charge in [-0.1, -0.05) is 42.0 Å². The molecule has 3 aromatic rings. The van der Waals surface area contributed by atoms with Crippen LogP contribution in [0.2, 0.25) is 5.02 Å². The average Bonchev–Trinajstić information content (AvgIpc) is 3.30. The summed E-state index contributed by atoms with van der Waals surface area (Å²) < 4.78 is 1.71. The highest BCUT2D eigenvalue weighted by molar-refractivity contribution is 6.33. The molecular weight excluding hydrogens is 448 g/mol. The molecule has 0 fully saturated rings. The molecule has 1 unspecified atom stereocenters. The maximum absolute atomic E-state index is 13.3. The highest BCUT2D eigenvalue weighted by atomic mass is 35.5. The summed E-state index contributed by atoms with van der Waals surface area (Å²) in [7, 11) is 1.84. The van der Waals surface area contributed by atoms with E-state index in [1.807, 2.05) is 31.5 Å². The predicted molar refractivity (Wildman–Crippen MR) is 133 cm³/mol. The summed E-state index contributed by atoms with van der Waals surface area (Å²) in [6, 6.07) is 10.8. The van der Waals surface area contributed by atoms with Gasteiger partial charge in [0.05, 0.1) is 22.9 Å². The lowest BCUT2D eigenvalue weighted by molar-refractivity contribution is -0.117. The molecule has 0 aliphatic heterocycles. The van der Waals surface area contributed by atoms with Crippen LogP contribution in [0.1, 0.15) is 24.0 Å². The number of allylic oxidation sites excluding steroid dienone is 2. The summed E-state index contributed by atoms with van der Waals surface area (Å²) in [5, 5.41) is 19.7. The Labute approximate surface area is 203 Å². The summed E-state index contributed by atoms with van der Waals surface area (Å²) >= 11 is 6.45. The number of anilines is 1. The van der Waals surface area contributed by atoms with Gasteiger partial charge in [0.2, 0.25) is 5.91 Å². The van der Waals surface area contributed by atoms with Crippen molar-refractivity contribution in [2.24, 2.45) is 7.05 Å². The number of nitriles is 1. The summed E-state index contributed by atoms with van der Waals surface area (Å²) in [6.45, 7) is 0.594. The minimum absolute atomic E-state index is 0.221. The lowest BCUT2D eigenvalue weighted by atomic mass is 9.99. The SMILES string of the molecule is Cn1cc(-c2cnc(NC(=O)C(NCCc3ccc(C#N)cc3)C3=CCCC=C3)c(Cl)c2)cn1. The van der Waals surface area contributed by atoms with Gasteiger partial charge in [-0.25, -0.2) is 4.98 Å². The van der Waals surface area contributed by atoms with Crippen molar-refractivity contribution >= 4 is 23.3 Å². The van der Waals surface area contributed by atoms with Crippen LogP contribution in [0, 0.1) is 11.3 Å². The van der Waals surface area contributed by atoms with E-state index >= 15 is 0 Å². The minimum atomic E-state index is -0.536. The largest absolute Gasteiger partial charge is 0.308 e. The molecule has 1 aromatic carbocycles. The first-order chi connectivity index (χ1) is 16.5. The number of nitrogens with one attached hydrogen (secondary N) is 2. The summed E-state index contributed by atoms with van der Waals surface area (Å²) in [6.07, 6.45) is 14.0. The van der Waals surface area contributed by atoms with E-state index in [9.17, 15) is 4.79 Å². The van der Waals surface area contributed by atoms with Gasteiger partial charge in [-0.05, 0) is 48.6 Å². The molecule has 0 bridgehead atoms. The van der Waals surface area contributed by atoms with Crippen LogP contribution in [0.5, 0.6) is 0 Å². The smallest absolute Gasteiger partial charge is 0.247 e. The highest BCUT2D eigenvalue weighted by Crippen LogP contribution is 2.27. The molecular formula is C26H25ClN6O. The van der Waals surface area contributed by atoms with Crippen LogP contribution in [-0.2, 0) is 18.3 Å². The molecule has 34 heavy (non-hydrogen) atoms. The first-order valence-electron chi connectivity index (χ1n) is 11.1. The summed E-state index contributed by atoms with van der Waals surface area (Å²) in [5.74, 6) is 0.0970. The molecule has 2 N–H and O–H groups in total. The predicted octanol–water partition coefficient (Wildman–Crippen LogP) is 4.42. The molecule has 1 aliphatic carbocycles. The fourth-order valence-electron chi connectivity index (χ4n) is 3.76. The molecule has 8 heteroatoms. The number of hydrogen-bond donors (Lipinski definition) is 2. The van der Waals surface area contributed by atoms with Crippen molar-refractivity contribution in [1.29, 1.82) is 5.26 Å². The number of halogens is 1. The van der Waals surface area contributed by atoms with E-state index < -0.39 is 6.04 Å². The second kappa shape index (κ2) is 10.9. The molecule has 0 spiro atoms. The molecule has 0 radical (unpaired) electrons. The van der Waals surface area contributed by atoms with Crippen LogP contribution in [0.3, 0.4) is 0 Å². The average molecular weight is 473 g/mol. The van der Waals surface area contributed by atoms with Crippen molar-refractivity contribution in [2.75, 3.05) is 11.9 Å². The fraction of sp³-hybridized carbons (Fsp3) is 0.231. The first kappa shape index (κ1) is 23.4. The van der Waals surface area contributed by atoms with Crippen molar-refractivity contribution in [3.05, 3.63) is 88.9 Å². The molecule has 2 heterocycles. The van der Waals surface area contributed by atoms with Gasteiger partial charge >= 0.3 is 0 Å². The molecule has 1 aliphatic rings. The maximum atomic E-state index is 13.3. The zero-order chi connectivity index (χ0) is 23.9. The number of benzene rings is 1. The Morgan fingerprint density at radius 1 is 1.24 bits per heavy atom. The van der Waals surface area contributed by atoms with Crippen molar-refractivity contribution in [3.63, 3.8) is 0 Å². The second-order valence-electron chi connectivity index (χ2n) is 8.08. The molecule has 0 saturated carbocycles. The van der Waals surface area contributed by atoms with Gasteiger partial charge in [-0.2, -0.15) is 10.4 Å². The Morgan fingerprint density at radius 3 is 2.71 bits per heavy atom. The maximum Gasteiger partial charge on any atom is 0.247 e. The zero-order valence-electron chi connectivity index (χ0n) is 18.8. The summed E-state index contributed by atoms with van der Waals surface area (Å²) in [4.78, 5) is 17.6. The Bertz CT molecular complexity index is 1270. The molecule has 1 atom stereocenters. The van der Waals surface area contributed by atoms with E-state index in [1.165, 1.54) is 0 Å². The Kier molecular flexibility index (Phi) is 7.53. The van der Waals surface area contributed by atoms with E-state index in [1.54, 1.807) is 35.3 Å². The van der Waals surface area contributed by atoms with Crippen LogP contribution in [0.15, 0.2) is 72.7 Å². The number of amides is 1. The topological polar surface area (TPSA) is 95.6 Å². The Balaban J connectivity index is 1.45. The van der Waals surface area contributed by atoms with Gasteiger partial charge < -0.3 is 10.6 Å². The van der Waals surface area contributed by atoms with Crippen molar-refractivity contribution in [3.8, 4) is 17.2 Å². The highest BCUT2D eigenvalue weighted by Gasteiger charge is 2.23. The number of nitrogens with zero attached hydrogens (tertiary/aromatic N) is 4. The second-order valence-corrected chi connectivity index (χ2v) is 8.48. The third kappa shape index (κ3) is 5.79. The lowest BCUT2D eigenvalue weighted by Gasteiger charge is -2.21. The molecule has 0 saturated heterocycles. The molecule has 7 nitrogen and oxygen atoms in total. The molecule has 172 valence electrons. The molecule has 1 amide bonds. The third-order valence-corrected chi connectivity index (χ3v) is 5.87. The van der Waals surface area contributed by atoms with Gasteiger partial charge in [0.15, 0.2) is 5.82 Å². The zero-order valence-corrected chi connectivity index (χ0v) is 19.6. The number of aryl methyl sites for hydroxylation is 1. The number of aromatic nitrogens is 3. The van der Waals surface area contributed by atoms with Gasteiger partial charge in [-0.15, -0.1) is 0 Å². The number of hydrogen-bond acceptors (Lipinski definition) is 5. The van der Waals surface area contributed by atoms with Crippen LogP contribution < -0.4 is 10.6 Å². The number of carbonyl (C=O) groups excluding carboxylic acids is 1. The first-order valence-corrected chi connectivity index (χ1v) is 11.5. The van der Waals surface area contributed by atoms with Crippen LogP contribution in [0.25, 0.3) is 11.1 Å². The number of rotatable bonds is 8. The molecule has 4 rings (SSSR count). The number of carbonyl (C=O) groups is 1. The van der Waals surface area contributed by atoms with E-state index in [0.717, 1.165) is 41.5 Å². The van der Waals surface area contributed by atoms with Crippen molar-refractivity contribution < 1.29 is 4.79 Å². The van der Waals surface area contributed by atoms with Gasteiger partial charge in [-0.3, -0.25) is 9.48 Å². The summed E-state index contributed by atoms with van der Waals surface area (Å²) in [5.41, 5.74) is 4.37. The fourth-order valence-corrected chi connectivity index (χ4v) is 3.98. The molecule has 2 aromatic heterocycles. The van der Waals surface area contributed by atoms with Crippen LogP contribution in [-0.4, -0.2) is 33.3 Å². The number of pyridine rings is 1. The Morgan fingerprint density at radius 2 is 2.06 bits per heavy atom. The monoisotopic (exact) mass is 472 g/mol. The van der Waals surface area contributed by atoms with Gasteiger partial charge in [0.25, 0.3) is 0 Å². The lowest BCUT2D eigenvalue weighted by Crippen LogP contribution is -2.43. The van der Waals surface area contributed by atoms with E-state index in [-0.39, 0.29) is 5.91 Å². The van der Waals surface area contributed by atoms with Crippen LogP contribution >= 0.6 is 11.6 Å². The van der Waals surface area contributed by atoms with Crippen molar-refractivity contribution in [2.45, 2.75) is 25.3 Å². The quantitative estimate of drug-likeness (QED) is 0.506. The van der Waals surface area contributed by atoms with Crippen LogP contribution in [0.4, 0.5) is 5.82 Å². The van der Waals surface area contributed by atoms with Crippen molar-refractivity contribution in [1.82, 2.24) is 20.1 Å². The minimum Gasteiger partial charge on any atom is -0.308 e. The van der Waals surface area contributed by atoms with E-state index in [2.05, 4.69) is 38.9 Å². The standard InChI is InChI=1S/C26H25ClN6O/c1-33-17-22(16-31-33)21-13-23(27)25(30-15-21)32-26(34)24(20-5-3-2-4-6-20)29-12-11-18-7-9-19(14-28)10-8-18/h3,5-10,13,15-17,24,29H,2,4,11-12H2,1H3,(H,30,32,34). The van der Waals surface area contributed by atoms with Gasteiger partial charge in [0, 0.05) is 37.1 Å². The van der Waals surface area contributed by atoms with E-state index in [0.29, 0.717) is 22.9 Å². The Hall–Kier alpha value is -3.73.